The molecular weight excluding hydrogens is 356 g/mol. The number of rotatable bonds is 4. The molecule has 8 nitrogen and oxygen atoms in total. The molecule has 1 fully saturated rings. The van der Waals surface area contributed by atoms with E-state index in [9.17, 15) is 0 Å². The lowest BCUT2D eigenvalue weighted by Gasteiger charge is -2.30. The van der Waals surface area contributed by atoms with Crippen LogP contribution in [0.4, 0.5) is 0 Å². The third-order valence-electron chi connectivity index (χ3n) is 4.42. The predicted octanol–water partition coefficient (Wildman–Crippen LogP) is 2.13. The van der Waals surface area contributed by atoms with Crippen LogP contribution in [0.25, 0.3) is 22.8 Å². The van der Waals surface area contributed by atoms with Gasteiger partial charge in [-0.2, -0.15) is 10.1 Å². The van der Waals surface area contributed by atoms with Gasteiger partial charge in [-0.1, -0.05) is 17.3 Å². The summed E-state index contributed by atoms with van der Waals surface area (Å²) in [6.45, 7) is 2.74. The summed E-state index contributed by atoms with van der Waals surface area (Å²) in [5.74, 6) is 1.91. The highest BCUT2D eigenvalue weighted by molar-refractivity contribution is 5.85. The number of ether oxygens (including phenoxy) is 1. The van der Waals surface area contributed by atoms with Gasteiger partial charge in [0.25, 0.3) is 5.89 Å². The number of aromatic nitrogens is 4. The maximum atomic E-state index is 5.43. The summed E-state index contributed by atoms with van der Waals surface area (Å²) in [6.07, 6.45) is 0. The molecule has 1 aliphatic rings. The quantitative estimate of drug-likeness (QED) is 0.720. The lowest BCUT2D eigenvalue weighted by Crippen LogP contribution is -2.44. The topological polar surface area (TPSA) is 92.1 Å². The molecule has 0 aliphatic carbocycles. The Kier molecular flexibility index (Phi) is 5.55. The molecule has 4 rings (SSSR count). The van der Waals surface area contributed by atoms with Crippen molar-refractivity contribution in [2.24, 2.45) is 0 Å². The molecule has 1 unspecified atom stereocenters. The first-order chi connectivity index (χ1) is 12.2. The number of nitrogens with one attached hydrogen (secondary N) is 2. The number of nitrogens with zero attached hydrogens (tertiary/aromatic N) is 4. The van der Waals surface area contributed by atoms with E-state index < -0.39 is 0 Å². The van der Waals surface area contributed by atoms with Gasteiger partial charge >= 0.3 is 0 Å². The Bertz CT molecular complexity index is 864. The van der Waals surface area contributed by atoms with Crippen LogP contribution < -0.4 is 10.1 Å². The van der Waals surface area contributed by atoms with E-state index in [0.29, 0.717) is 17.4 Å². The van der Waals surface area contributed by atoms with Crippen LogP contribution in [0.3, 0.4) is 0 Å². The van der Waals surface area contributed by atoms with E-state index in [-0.39, 0.29) is 18.4 Å². The van der Waals surface area contributed by atoms with Crippen LogP contribution in [0.15, 0.2) is 34.9 Å². The second kappa shape index (κ2) is 7.86. The van der Waals surface area contributed by atoms with Gasteiger partial charge in [0.15, 0.2) is 5.82 Å². The summed E-state index contributed by atoms with van der Waals surface area (Å²) in [5.41, 5.74) is 2.45. The second-order valence-corrected chi connectivity index (χ2v) is 6.06. The van der Waals surface area contributed by atoms with Crippen molar-refractivity contribution in [2.45, 2.75) is 6.04 Å². The van der Waals surface area contributed by atoms with Gasteiger partial charge in [0.1, 0.15) is 11.4 Å². The molecule has 0 saturated carbocycles. The highest BCUT2D eigenvalue weighted by atomic mass is 35.5. The monoisotopic (exact) mass is 376 g/mol. The molecule has 1 saturated heterocycles. The lowest BCUT2D eigenvalue weighted by molar-refractivity contribution is 0.190. The molecule has 0 amide bonds. The Morgan fingerprint density at radius 2 is 2.19 bits per heavy atom. The van der Waals surface area contributed by atoms with E-state index in [0.717, 1.165) is 36.6 Å². The summed E-state index contributed by atoms with van der Waals surface area (Å²) in [4.78, 5) is 6.76. The van der Waals surface area contributed by atoms with E-state index in [1.54, 1.807) is 7.11 Å². The van der Waals surface area contributed by atoms with Crippen molar-refractivity contribution in [1.82, 2.24) is 30.6 Å². The smallest absolute Gasteiger partial charge is 0.276 e. The molecule has 0 radical (unpaired) electrons. The predicted molar refractivity (Wildman–Crippen MR) is 99.4 cm³/mol. The maximum Gasteiger partial charge on any atom is 0.276 e. The van der Waals surface area contributed by atoms with Gasteiger partial charge in [-0.15, -0.1) is 12.4 Å². The number of hydrogen-bond acceptors (Lipinski definition) is 7. The molecule has 9 heteroatoms. The molecule has 1 aromatic carbocycles. The standard InChI is InChI=1S/C17H20N6O2.ClH/c1-23-7-6-18-10-15(23)16-19-17(25-22-16)14-9-13(20-21-14)11-4-3-5-12(8-11)24-2;/h3-5,8-9,15,18H,6-7,10H2,1-2H3,(H,20,21);1H. The molecule has 2 N–H and O–H groups in total. The summed E-state index contributed by atoms with van der Waals surface area (Å²) in [6, 6.07) is 9.75. The summed E-state index contributed by atoms with van der Waals surface area (Å²) >= 11 is 0. The highest BCUT2D eigenvalue weighted by Crippen LogP contribution is 2.27. The van der Waals surface area contributed by atoms with E-state index >= 15 is 0 Å². The number of hydrogen-bond donors (Lipinski definition) is 2. The van der Waals surface area contributed by atoms with Gasteiger partial charge < -0.3 is 14.6 Å². The molecule has 2 aromatic heterocycles. The Morgan fingerprint density at radius 1 is 1.31 bits per heavy atom. The Morgan fingerprint density at radius 3 is 3.00 bits per heavy atom. The molecule has 0 spiro atoms. The fourth-order valence-corrected chi connectivity index (χ4v) is 2.94. The zero-order chi connectivity index (χ0) is 17.2. The van der Waals surface area contributed by atoms with Crippen LogP contribution in [0.2, 0.25) is 0 Å². The molecule has 3 heterocycles. The zero-order valence-electron chi connectivity index (χ0n) is 14.6. The van der Waals surface area contributed by atoms with Crippen molar-refractivity contribution in [3.63, 3.8) is 0 Å². The maximum absolute atomic E-state index is 5.43. The first kappa shape index (κ1) is 18.4. The Balaban J connectivity index is 0.00000196. The lowest BCUT2D eigenvalue weighted by atomic mass is 10.1. The van der Waals surface area contributed by atoms with Crippen molar-refractivity contribution in [3.05, 3.63) is 36.2 Å². The second-order valence-electron chi connectivity index (χ2n) is 6.06. The Labute approximate surface area is 157 Å². The van der Waals surface area contributed by atoms with Crippen LogP contribution in [-0.4, -0.2) is 59.0 Å². The van der Waals surface area contributed by atoms with E-state index in [1.807, 2.05) is 30.3 Å². The van der Waals surface area contributed by atoms with E-state index in [2.05, 4.69) is 37.6 Å². The van der Waals surface area contributed by atoms with Crippen LogP contribution >= 0.6 is 12.4 Å². The Hall–Kier alpha value is -2.42. The zero-order valence-corrected chi connectivity index (χ0v) is 15.4. The molecule has 3 aromatic rings. The van der Waals surface area contributed by atoms with Gasteiger partial charge in [0.2, 0.25) is 0 Å². The van der Waals surface area contributed by atoms with Crippen LogP contribution in [0.5, 0.6) is 5.75 Å². The number of H-pyrrole nitrogens is 1. The minimum absolute atomic E-state index is 0. The molecule has 0 bridgehead atoms. The van der Waals surface area contributed by atoms with Gasteiger partial charge in [0, 0.05) is 25.2 Å². The van der Waals surface area contributed by atoms with E-state index in [4.69, 9.17) is 9.26 Å². The number of methoxy groups -OCH3 is 1. The number of benzene rings is 1. The number of halogens is 1. The van der Waals surface area contributed by atoms with Gasteiger partial charge in [-0.25, -0.2) is 0 Å². The normalized spacial score (nSPS) is 17.7. The van der Waals surface area contributed by atoms with Crippen LogP contribution in [-0.2, 0) is 0 Å². The third-order valence-corrected chi connectivity index (χ3v) is 4.42. The number of aromatic amines is 1. The van der Waals surface area contributed by atoms with Crippen LogP contribution in [0.1, 0.15) is 11.9 Å². The average Bonchev–Trinajstić information content (AvgIpc) is 3.31. The summed E-state index contributed by atoms with van der Waals surface area (Å²) in [7, 11) is 3.71. The molecular formula is C17H21ClN6O2. The number of likely N-dealkylation sites (N-methyl/N-ethyl adjacent to an activating group) is 1. The van der Waals surface area contributed by atoms with Crippen molar-refractivity contribution in [2.75, 3.05) is 33.8 Å². The van der Waals surface area contributed by atoms with Crippen molar-refractivity contribution >= 4 is 12.4 Å². The minimum atomic E-state index is 0. The third kappa shape index (κ3) is 3.57. The fourth-order valence-electron chi connectivity index (χ4n) is 2.94. The minimum Gasteiger partial charge on any atom is -0.497 e. The van der Waals surface area contributed by atoms with Crippen molar-refractivity contribution < 1.29 is 9.26 Å². The largest absolute Gasteiger partial charge is 0.497 e. The van der Waals surface area contributed by atoms with Gasteiger partial charge in [-0.3, -0.25) is 10.00 Å². The summed E-state index contributed by atoms with van der Waals surface area (Å²) < 4.78 is 10.7. The van der Waals surface area contributed by atoms with Crippen molar-refractivity contribution in [3.8, 4) is 28.6 Å². The highest BCUT2D eigenvalue weighted by Gasteiger charge is 2.26. The first-order valence-corrected chi connectivity index (χ1v) is 8.19. The molecule has 1 aliphatic heterocycles. The molecule has 1 atom stereocenters. The molecule has 138 valence electrons. The summed E-state index contributed by atoms with van der Waals surface area (Å²) in [5, 5.41) is 14.8. The molecule has 26 heavy (non-hydrogen) atoms. The average molecular weight is 377 g/mol. The fraction of sp³-hybridized carbons (Fsp3) is 0.353. The number of piperazine rings is 1. The van der Waals surface area contributed by atoms with Crippen LogP contribution in [0, 0.1) is 0 Å². The SMILES string of the molecule is COc1cccc(-c2cc(-c3nc(C4CNCCN4C)no3)[nH]n2)c1.Cl. The van der Waals surface area contributed by atoms with Gasteiger partial charge in [-0.05, 0) is 25.2 Å². The van der Waals surface area contributed by atoms with E-state index in [1.165, 1.54) is 0 Å². The van der Waals surface area contributed by atoms with Crippen molar-refractivity contribution in [1.29, 1.82) is 0 Å². The first-order valence-electron chi connectivity index (χ1n) is 8.19. The van der Waals surface area contributed by atoms with Gasteiger partial charge in [0.05, 0.1) is 18.8 Å².